The summed E-state index contributed by atoms with van der Waals surface area (Å²) in [5.41, 5.74) is 2.89. The Hall–Kier alpha value is -2.42. The van der Waals surface area contributed by atoms with Crippen LogP contribution in [0.4, 0.5) is 5.69 Å². The predicted octanol–water partition coefficient (Wildman–Crippen LogP) is 5.01. The Balaban J connectivity index is 1.88. The van der Waals surface area contributed by atoms with E-state index in [1.54, 1.807) is 37.6 Å². The van der Waals surface area contributed by atoms with Gasteiger partial charge in [0, 0.05) is 18.2 Å². The van der Waals surface area contributed by atoms with Gasteiger partial charge in [0.2, 0.25) is 0 Å². The van der Waals surface area contributed by atoms with E-state index in [1.807, 2.05) is 12.1 Å². The lowest BCUT2D eigenvalue weighted by Gasteiger charge is -2.01. The molecule has 0 aliphatic heterocycles. The molecule has 2 aromatic carbocycles. The number of ketones is 1. The molecule has 2 rings (SSSR count). The highest BCUT2D eigenvalue weighted by Gasteiger charge is 2.04. The van der Waals surface area contributed by atoms with Crippen molar-refractivity contribution in [1.82, 2.24) is 0 Å². The number of unbranched alkanes of at least 4 members (excludes halogenated alkanes) is 1. The topological polar surface area (TPSA) is 38.7 Å². The Kier molecular flexibility index (Phi) is 6.55. The van der Waals surface area contributed by atoms with Gasteiger partial charge in [-0.15, -0.1) is 0 Å². The van der Waals surface area contributed by atoms with Gasteiger partial charge in [0.15, 0.2) is 5.78 Å². The zero-order valence-corrected chi connectivity index (χ0v) is 13.8. The number of methoxy groups -OCH3 is 1. The number of Topliss-reactive ketones (excluding diaryl/α,β-unsaturated/α-hetero) is 1. The van der Waals surface area contributed by atoms with Gasteiger partial charge in [-0.2, -0.15) is 0 Å². The SMILES string of the molecule is CCCCc1ccc(N=CCC(=O)c2ccc(OC)cc2)cc1. The number of benzene rings is 2. The van der Waals surface area contributed by atoms with Crippen LogP contribution in [0.25, 0.3) is 0 Å². The lowest BCUT2D eigenvalue weighted by Crippen LogP contribution is -1.99. The number of aliphatic imine (C=N–C) groups is 1. The second kappa shape index (κ2) is 8.89. The van der Waals surface area contributed by atoms with E-state index >= 15 is 0 Å². The van der Waals surface area contributed by atoms with E-state index in [2.05, 4.69) is 24.0 Å². The minimum atomic E-state index is 0.0518. The lowest BCUT2D eigenvalue weighted by atomic mass is 10.1. The van der Waals surface area contributed by atoms with Crippen molar-refractivity contribution >= 4 is 17.7 Å². The summed E-state index contributed by atoms with van der Waals surface area (Å²) in [5, 5.41) is 0. The van der Waals surface area contributed by atoms with Crippen molar-refractivity contribution in [3.8, 4) is 5.75 Å². The summed E-state index contributed by atoms with van der Waals surface area (Å²) < 4.78 is 5.08. The molecular weight excluding hydrogens is 286 g/mol. The van der Waals surface area contributed by atoms with Crippen LogP contribution in [0.3, 0.4) is 0 Å². The van der Waals surface area contributed by atoms with E-state index in [9.17, 15) is 4.79 Å². The summed E-state index contributed by atoms with van der Waals surface area (Å²) in [5.74, 6) is 0.800. The molecule has 0 fully saturated rings. The first-order valence-electron chi connectivity index (χ1n) is 8.01. The second-order valence-corrected chi connectivity index (χ2v) is 5.44. The molecule has 3 nitrogen and oxygen atoms in total. The smallest absolute Gasteiger partial charge is 0.168 e. The summed E-state index contributed by atoms with van der Waals surface area (Å²) in [7, 11) is 1.61. The number of rotatable bonds is 8. The third-order valence-electron chi connectivity index (χ3n) is 3.68. The molecule has 120 valence electrons. The molecule has 0 bridgehead atoms. The number of hydrogen-bond donors (Lipinski definition) is 0. The maximum Gasteiger partial charge on any atom is 0.168 e. The molecule has 0 aliphatic rings. The average molecular weight is 309 g/mol. The third kappa shape index (κ3) is 5.37. The molecular formula is C20H23NO2. The molecule has 2 aromatic rings. The molecule has 0 aromatic heterocycles. The van der Waals surface area contributed by atoms with Crippen molar-refractivity contribution in [2.24, 2.45) is 4.99 Å². The highest BCUT2D eigenvalue weighted by atomic mass is 16.5. The van der Waals surface area contributed by atoms with Crippen LogP contribution in [0.5, 0.6) is 5.75 Å². The lowest BCUT2D eigenvalue weighted by molar-refractivity contribution is 0.100. The van der Waals surface area contributed by atoms with Crippen LogP contribution in [-0.2, 0) is 6.42 Å². The zero-order chi connectivity index (χ0) is 16.5. The number of aryl methyl sites for hydroxylation is 1. The number of carbonyl (C=O) groups excluding carboxylic acids is 1. The van der Waals surface area contributed by atoms with Gasteiger partial charge in [-0.05, 0) is 54.8 Å². The van der Waals surface area contributed by atoms with Crippen molar-refractivity contribution in [1.29, 1.82) is 0 Å². The Morgan fingerprint density at radius 1 is 1.09 bits per heavy atom. The molecule has 3 heteroatoms. The van der Waals surface area contributed by atoms with E-state index in [1.165, 1.54) is 18.4 Å². The van der Waals surface area contributed by atoms with Crippen LogP contribution in [0.15, 0.2) is 53.5 Å². The van der Waals surface area contributed by atoms with Crippen LogP contribution in [0, 0.1) is 0 Å². The van der Waals surface area contributed by atoms with Gasteiger partial charge in [-0.25, -0.2) is 0 Å². The van der Waals surface area contributed by atoms with Crippen LogP contribution in [-0.4, -0.2) is 19.1 Å². The predicted molar refractivity (Wildman–Crippen MR) is 95.1 cm³/mol. The summed E-state index contributed by atoms with van der Waals surface area (Å²) >= 11 is 0. The summed E-state index contributed by atoms with van der Waals surface area (Å²) in [6.07, 6.45) is 5.49. The molecule has 0 saturated heterocycles. The Bertz CT molecular complexity index is 642. The number of hydrogen-bond acceptors (Lipinski definition) is 3. The standard InChI is InChI=1S/C20H23NO2/c1-3-4-5-16-6-10-18(11-7-16)21-15-14-20(22)17-8-12-19(23-2)13-9-17/h6-13,15H,3-5,14H2,1-2H3. The quantitative estimate of drug-likeness (QED) is 0.507. The molecule has 0 unspecified atom stereocenters. The fourth-order valence-electron chi connectivity index (χ4n) is 2.26. The number of ether oxygens (including phenoxy) is 1. The molecule has 0 amide bonds. The monoisotopic (exact) mass is 309 g/mol. The average Bonchev–Trinajstić information content (AvgIpc) is 2.61. The molecule has 0 atom stereocenters. The van der Waals surface area contributed by atoms with Gasteiger partial charge in [-0.1, -0.05) is 25.5 Å². The molecule has 0 heterocycles. The highest BCUT2D eigenvalue weighted by molar-refractivity contribution is 6.03. The maximum absolute atomic E-state index is 12.1. The van der Waals surface area contributed by atoms with Crippen LogP contribution in [0.1, 0.15) is 42.1 Å². The maximum atomic E-state index is 12.1. The van der Waals surface area contributed by atoms with Gasteiger partial charge < -0.3 is 4.74 Å². The minimum Gasteiger partial charge on any atom is -0.497 e. The van der Waals surface area contributed by atoms with Crippen LogP contribution in [0.2, 0.25) is 0 Å². The van der Waals surface area contributed by atoms with E-state index in [0.717, 1.165) is 17.9 Å². The highest BCUT2D eigenvalue weighted by Crippen LogP contribution is 2.15. The summed E-state index contributed by atoms with van der Waals surface area (Å²) in [6, 6.07) is 15.3. The Morgan fingerprint density at radius 2 is 1.78 bits per heavy atom. The zero-order valence-electron chi connectivity index (χ0n) is 13.8. The van der Waals surface area contributed by atoms with Gasteiger partial charge in [0.05, 0.1) is 12.8 Å². The molecule has 0 N–H and O–H groups in total. The Labute approximate surface area is 138 Å². The number of carbonyl (C=O) groups is 1. The minimum absolute atomic E-state index is 0.0518. The molecule has 0 saturated carbocycles. The van der Waals surface area contributed by atoms with E-state index in [0.29, 0.717) is 12.0 Å². The molecule has 23 heavy (non-hydrogen) atoms. The first kappa shape index (κ1) is 16.9. The van der Waals surface area contributed by atoms with Crippen molar-refractivity contribution < 1.29 is 9.53 Å². The fourth-order valence-corrected chi connectivity index (χ4v) is 2.26. The van der Waals surface area contributed by atoms with Crippen LogP contribution < -0.4 is 4.74 Å². The van der Waals surface area contributed by atoms with Gasteiger partial charge >= 0.3 is 0 Å². The second-order valence-electron chi connectivity index (χ2n) is 5.44. The van der Waals surface area contributed by atoms with Crippen molar-refractivity contribution in [3.05, 3.63) is 59.7 Å². The largest absolute Gasteiger partial charge is 0.497 e. The summed E-state index contributed by atoms with van der Waals surface area (Å²) in [6.45, 7) is 2.19. The molecule has 0 radical (unpaired) electrons. The summed E-state index contributed by atoms with van der Waals surface area (Å²) in [4.78, 5) is 16.4. The normalized spacial score (nSPS) is 10.9. The first-order valence-corrected chi connectivity index (χ1v) is 8.01. The van der Waals surface area contributed by atoms with Crippen molar-refractivity contribution in [2.45, 2.75) is 32.6 Å². The van der Waals surface area contributed by atoms with Crippen molar-refractivity contribution in [2.75, 3.05) is 7.11 Å². The molecule has 0 aliphatic carbocycles. The van der Waals surface area contributed by atoms with Gasteiger partial charge in [0.1, 0.15) is 5.75 Å². The Morgan fingerprint density at radius 3 is 2.39 bits per heavy atom. The number of nitrogens with zero attached hydrogens (tertiary/aromatic N) is 1. The van der Waals surface area contributed by atoms with E-state index < -0.39 is 0 Å². The van der Waals surface area contributed by atoms with Crippen molar-refractivity contribution in [3.63, 3.8) is 0 Å². The van der Waals surface area contributed by atoms with E-state index in [-0.39, 0.29) is 5.78 Å². The van der Waals surface area contributed by atoms with Crippen LogP contribution >= 0.6 is 0 Å². The molecule has 0 spiro atoms. The first-order chi connectivity index (χ1) is 11.2. The van der Waals surface area contributed by atoms with E-state index in [4.69, 9.17) is 4.74 Å². The van der Waals surface area contributed by atoms with Gasteiger partial charge in [-0.3, -0.25) is 9.79 Å². The fraction of sp³-hybridized carbons (Fsp3) is 0.300. The third-order valence-corrected chi connectivity index (χ3v) is 3.68. The van der Waals surface area contributed by atoms with Gasteiger partial charge in [0.25, 0.3) is 0 Å².